The molecule has 3 rings (SSSR count). The molecule has 2 amide bonds. The molecule has 0 atom stereocenters. The van der Waals surface area contributed by atoms with Gasteiger partial charge in [0.2, 0.25) is 5.91 Å². The van der Waals surface area contributed by atoms with Crippen molar-refractivity contribution < 1.29 is 22.8 Å². The number of hydrogen-bond donors (Lipinski definition) is 2. The summed E-state index contributed by atoms with van der Waals surface area (Å²) < 4.78 is 41.7. The molecule has 0 radical (unpaired) electrons. The van der Waals surface area contributed by atoms with Crippen molar-refractivity contribution in [1.29, 1.82) is 0 Å². The first-order valence-corrected chi connectivity index (χ1v) is 11.8. The summed E-state index contributed by atoms with van der Waals surface area (Å²) in [6.07, 6.45) is 6.19. The third-order valence-corrected chi connectivity index (χ3v) is 5.23. The van der Waals surface area contributed by atoms with E-state index in [-0.39, 0.29) is 49.2 Å². The first-order valence-electron chi connectivity index (χ1n) is 11.8. The van der Waals surface area contributed by atoms with E-state index in [9.17, 15) is 22.8 Å². The maximum atomic E-state index is 13.6. The quantitative estimate of drug-likeness (QED) is 0.270. The zero-order valence-corrected chi connectivity index (χ0v) is 20.2. The van der Waals surface area contributed by atoms with Crippen LogP contribution in [0.4, 0.5) is 19.0 Å². The third-order valence-electron chi connectivity index (χ3n) is 5.23. The zero-order chi connectivity index (χ0) is 26.5. The maximum absolute atomic E-state index is 13.6. The molecule has 15 heteroatoms. The number of pyridine rings is 1. The Bertz CT molecular complexity index is 1140. The van der Waals surface area contributed by atoms with Gasteiger partial charge in [0.15, 0.2) is 11.5 Å². The van der Waals surface area contributed by atoms with Crippen LogP contribution in [0.5, 0.6) is 0 Å². The molecule has 0 spiro atoms. The van der Waals surface area contributed by atoms with Gasteiger partial charge in [-0.3, -0.25) is 33.2 Å². The normalized spacial score (nSPS) is 11.1. The zero-order valence-electron chi connectivity index (χ0n) is 20.2. The van der Waals surface area contributed by atoms with Gasteiger partial charge in [-0.15, -0.1) is 10.2 Å². The van der Waals surface area contributed by atoms with E-state index in [0.29, 0.717) is 32.5 Å². The molecule has 3 aromatic rings. The highest BCUT2D eigenvalue weighted by Gasteiger charge is 2.13. The summed E-state index contributed by atoms with van der Waals surface area (Å²) in [6, 6.07) is 2.74. The minimum atomic E-state index is -0.619. The van der Waals surface area contributed by atoms with Crippen LogP contribution in [0, 0.1) is 5.82 Å². The van der Waals surface area contributed by atoms with Gasteiger partial charge in [-0.1, -0.05) is 10.4 Å². The fourth-order valence-electron chi connectivity index (χ4n) is 3.39. The number of amides is 2. The van der Waals surface area contributed by atoms with Gasteiger partial charge in [0.25, 0.3) is 5.91 Å². The Labute approximate surface area is 211 Å². The molecule has 0 saturated heterocycles. The largest absolute Gasteiger partial charge is 0.345 e. The van der Waals surface area contributed by atoms with Crippen molar-refractivity contribution in [1.82, 2.24) is 45.2 Å². The van der Waals surface area contributed by atoms with Gasteiger partial charge in [0, 0.05) is 32.4 Å². The second kappa shape index (κ2) is 14.6. The third kappa shape index (κ3) is 9.25. The summed E-state index contributed by atoms with van der Waals surface area (Å²) in [7, 11) is 0. The number of rotatable bonds is 16. The van der Waals surface area contributed by atoms with Crippen LogP contribution in [0.3, 0.4) is 0 Å². The number of nitrogens with zero attached hydrogens (tertiary/aromatic N) is 8. The monoisotopic (exact) mass is 522 g/mol. The molecule has 0 unspecified atom stereocenters. The summed E-state index contributed by atoms with van der Waals surface area (Å²) in [4.78, 5) is 29.8. The second-order valence-electron chi connectivity index (χ2n) is 8.11. The number of halogens is 3. The Morgan fingerprint density at radius 2 is 1.73 bits per heavy atom. The number of carbonyl (C=O) groups is 2. The highest BCUT2D eigenvalue weighted by atomic mass is 19.1. The molecule has 3 heterocycles. The number of nitrogens with one attached hydrogen (secondary N) is 2. The van der Waals surface area contributed by atoms with Crippen molar-refractivity contribution >= 4 is 17.6 Å². The highest BCUT2D eigenvalue weighted by molar-refractivity contribution is 5.92. The van der Waals surface area contributed by atoms with Crippen molar-refractivity contribution in [2.24, 2.45) is 0 Å². The Morgan fingerprint density at radius 1 is 0.973 bits per heavy atom. The number of alkyl halides is 2. The van der Waals surface area contributed by atoms with Crippen LogP contribution in [-0.2, 0) is 24.4 Å². The van der Waals surface area contributed by atoms with Crippen LogP contribution in [-0.4, -0.2) is 84.7 Å². The maximum Gasteiger partial charge on any atom is 0.273 e. The number of aryl methyl sites for hydroxylation is 2. The first kappa shape index (κ1) is 27.7. The molecule has 0 fully saturated rings. The van der Waals surface area contributed by atoms with Gasteiger partial charge in [0.1, 0.15) is 12.5 Å². The number of unbranched alkanes of at least 4 members (excludes halogenated alkanes) is 1. The van der Waals surface area contributed by atoms with E-state index in [1.165, 1.54) is 29.2 Å². The fourth-order valence-corrected chi connectivity index (χ4v) is 3.39. The lowest BCUT2D eigenvalue weighted by atomic mass is 10.3. The van der Waals surface area contributed by atoms with Crippen LogP contribution in [0.1, 0.15) is 35.4 Å². The van der Waals surface area contributed by atoms with E-state index in [1.807, 2.05) is 0 Å². The second-order valence-corrected chi connectivity index (χ2v) is 8.11. The van der Waals surface area contributed by atoms with Crippen LogP contribution in [0.25, 0.3) is 0 Å². The Balaban J connectivity index is 1.36. The van der Waals surface area contributed by atoms with Crippen molar-refractivity contribution in [3.63, 3.8) is 0 Å². The molecule has 0 aliphatic heterocycles. The lowest BCUT2D eigenvalue weighted by Gasteiger charge is -2.19. The summed E-state index contributed by atoms with van der Waals surface area (Å²) in [5.74, 6) is -1.09. The Kier molecular flexibility index (Phi) is 10.9. The van der Waals surface area contributed by atoms with E-state index in [4.69, 9.17) is 0 Å². The smallest absolute Gasteiger partial charge is 0.273 e. The van der Waals surface area contributed by atoms with E-state index >= 15 is 0 Å². The Hall–Kier alpha value is -3.88. The van der Waals surface area contributed by atoms with E-state index in [1.54, 1.807) is 15.8 Å². The highest BCUT2D eigenvalue weighted by Crippen LogP contribution is 2.05. The predicted octanol–water partition coefficient (Wildman–Crippen LogP) is 1.38. The molecule has 0 saturated carbocycles. The molecular formula is C22H29F3N10O2. The van der Waals surface area contributed by atoms with Gasteiger partial charge in [-0.25, -0.2) is 8.78 Å². The Morgan fingerprint density at radius 3 is 2.46 bits per heavy atom. The summed E-state index contributed by atoms with van der Waals surface area (Å²) in [5, 5.41) is 20.8. The van der Waals surface area contributed by atoms with Crippen LogP contribution in [0.15, 0.2) is 30.7 Å². The van der Waals surface area contributed by atoms with Gasteiger partial charge < -0.3 is 10.6 Å². The average molecular weight is 523 g/mol. The fraction of sp³-hybridized carbons (Fsp3) is 0.500. The molecule has 0 aliphatic rings. The van der Waals surface area contributed by atoms with E-state index < -0.39 is 25.1 Å². The number of carbonyl (C=O) groups excluding carboxylic acids is 2. The lowest BCUT2D eigenvalue weighted by molar-refractivity contribution is -0.117. The van der Waals surface area contributed by atoms with Crippen molar-refractivity contribution in [2.75, 3.05) is 38.3 Å². The number of anilines is 1. The number of aromatic nitrogens is 7. The van der Waals surface area contributed by atoms with E-state index in [2.05, 4.69) is 36.2 Å². The lowest BCUT2D eigenvalue weighted by Crippen LogP contribution is -2.35. The van der Waals surface area contributed by atoms with Crippen LogP contribution >= 0.6 is 0 Å². The van der Waals surface area contributed by atoms with Crippen LogP contribution < -0.4 is 10.6 Å². The van der Waals surface area contributed by atoms with Gasteiger partial charge in [0.05, 0.1) is 37.9 Å². The standard InChI is InChI=1S/C22H29F3N10O2/c23-6-4-9-33(12-7-24)16-21(36)28-20-15-35(32-30-20)11-2-1-10-34-14-19(29-31-34)22(37)27-13-18-17(25)5-3-8-26-18/h3,5,8,14-15H,1-2,4,6-7,9-13,16H2,(H,27,37)(H,28,36). The molecule has 0 bridgehead atoms. The van der Waals surface area contributed by atoms with Crippen molar-refractivity contribution in [2.45, 2.75) is 38.9 Å². The van der Waals surface area contributed by atoms with Crippen molar-refractivity contribution in [3.8, 4) is 0 Å². The molecular weight excluding hydrogens is 493 g/mol. The summed E-state index contributed by atoms with van der Waals surface area (Å²) in [6.45, 7) is 0.129. The molecule has 3 aromatic heterocycles. The molecule has 200 valence electrons. The van der Waals surface area contributed by atoms with Gasteiger partial charge in [-0.05, 0) is 31.4 Å². The molecule has 0 aliphatic carbocycles. The summed E-state index contributed by atoms with van der Waals surface area (Å²) >= 11 is 0. The van der Waals surface area contributed by atoms with Gasteiger partial charge >= 0.3 is 0 Å². The van der Waals surface area contributed by atoms with Crippen LogP contribution in [0.2, 0.25) is 0 Å². The first-order chi connectivity index (χ1) is 18.0. The topological polar surface area (TPSA) is 136 Å². The molecule has 37 heavy (non-hydrogen) atoms. The van der Waals surface area contributed by atoms with Crippen molar-refractivity contribution in [3.05, 3.63) is 47.9 Å². The minimum Gasteiger partial charge on any atom is -0.345 e. The molecule has 2 N–H and O–H groups in total. The summed E-state index contributed by atoms with van der Waals surface area (Å²) in [5.41, 5.74) is 0.245. The van der Waals surface area contributed by atoms with E-state index in [0.717, 1.165) is 0 Å². The van der Waals surface area contributed by atoms with Gasteiger partial charge in [-0.2, -0.15) is 0 Å². The predicted molar refractivity (Wildman–Crippen MR) is 126 cm³/mol. The number of hydrogen-bond acceptors (Lipinski definition) is 8. The SMILES string of the molecule is O=C(CN(CCF)CCCF)Nc1cn(CCCCn2cc(C(=O)NCc3ncccc3F)nn2)nn1. The molecule has 12 nitrogen and oxygen atoms in total. The minimum absolute atomic E-state index is 0.0587. The molecule has 0 aromatic carbocycles. The average Bonchev–Trinajstić information content (AvgIpc) is 3.54.